The molecule has 9 N–H and O–H groups in total. The molecule has 14 nitrogen and oxygen atoms in total. The van der Waals surface area contributed by atoms with Crippen LogP contribution in [-0.2, 0) is 31.2 Å². The smallest absolute Gasteiger partial charge is 0.261 e. The van der Waals surface area contributed by atoms with Crippen LogP contribution in [0.25, 0.3) is 0 Å². The third-order valence-corrected chi connectivity index (χ3v) is 14.6. The van der Waals surface area contributed by atoms with Gasteiger partial charge in [-0.2, -0.15) is 0 Å². The number of hydrogen-bond donors (Lipinski definition) is 8. The summed E-state index contributed by atoms with van der Waals surface area (Å²) < 4.78 is 0. The van der Waals surface area contributed by atoms with E-state index in [1.54, 1.807) is 12.1 Å². The molecule has 3 atom stereocenters. The molecule has 3 aliphatic rings. The molecular formula is C48H31Cl9N4O10. The SMILES string of the molecule is Nc1ccc(C(=O)CC2(O)C(=O)Nc3c(Cl)ccc(Cl)c32)cc1.O=C(CC1(O)C(=O)Nc2c(Cl)ccc(Cl)c21)c1ccc(Cl)c(Cl)c1Cl.O=C(CC1(O)C(=O)Nc2c(Cl)ccc(Cl)c21)c1ccc(O)cc1. The Labute approximate surface area is 447 Å². The molecule has 366 valence electrons. The van der Waals surface area contributed by atoms with Crippen molar-refractivity contribution in [2.45, 2.75) is 36.1 Å². The Morgan fingerprint density at radius 2 is 0.732 bits per heavy atom. The van der Waals surface area contributed by atoms with E-state index >= 15 is 0 Å². The zero-order valence-electron chi connectivity index (χ0n) is 35.6. The van der Waals surface area contributed by atoms with Crippen LogP contribution in [0.5, 0.6) is 5.75 Å². The number of hydrogen-bond acceptors (Lipinski definition) is 11. The normalized spacial score (nSPS) is 19.2. The van der Waals surface area contributed by atoms with Crippen LogP contribution in [0, 0.1) is 0 Å². The maximum Gasteiger partial charge on any atom is 0.261 e. The summed E-state index contributed by atoms with van der Waals surface area (Å²) in [6.07, 6.45) is -1.53. The molecule has 9 rings (SSSR count). The van der Waals surface area contributed by atoms with Crippen molar-refractivity contribution in [1.29, 1.82) is 0 Å². The van der Waals surface area contributed by atoms with Gasteiger partial charge < -0.3 is 42.1 Å². The number of amides is 3. The standard InChI is InChI=1S/C16H8Cl5NO3.C16H12Cl2N2O3.C16H11Cl2NO4/c17-7-3-4-9(19)14-11(7)16(25,15(24)22-14)5-10(23)6-1-2-8(18)13(21)12(6)20;17-10-5-6-11(18)14-13(10)16(23,15(22)20-14)7-12(21)8-1-3-9(19)4-2-8;17-10-5-6-11(18)14-13(10)16(23,15(22)19-14)7-12(21)8-1-3-9(20)4-2-8/h1-4,25H,5H2,(H,22,24);1-6,23H,7,19H2,(H,20,22);1-6,20,23H,7H2,(H,19,22). The first-order valence-electron chi connectivity index (χ1n) is 20.3. The van der Waals surface area contributed by atoms with Crippen molar-refractivity contribution >= 4 is 162 Å². The van der Waals surface area contributed by atoms with E-state index in [1.807, 2.05) is 0 Å². The number of nitrogens with two attached hydrogens (primary N) is 1. The lowest BCUT2D eigenvalue weighted by Crippen LogP contribution is -2.36. The molecule has 0 fully saturated rings. The average molecular weight is 1140 g/mol. The second kappa shape index (κ2) is 20.7. The summed E-state index contributed by atoms with van der Waals surface area (Å²) in [7, 11) is 0. The Morgan fingerprint density at radius 3 is 1.10 bits per heavy atom. The molecule has 0 spiro atoms. The summed E-state index contributed by atoms with van der Waals surface area (Å²) in [5.41, 5.74) is 1.30. The molecule has 3 unspecified atom stereocenters. The van der Waals surface area contributed by atoms with Gasteiger partial charge in [0.2, 0.25) is 0 Å². The predicted molar refractivity (Wildman–Crippen MR) is 274 cm³/mol. The monoisotopic (exact) mass is 1140 g/mol. The quantitative estimate of drug-likeness (QED) is 0.0384. The van der Waals surface area contributed by atoms with Gasteiger partial charge in [-0.05, 0) is 97.1 Å². The molecule has 0 radical (unpaired) electrons. The fourth-order valence-electron chi connectivity index (χ4n) is 7.79. The number of Topliss-reactive ketones (excluding diaryl/α,β-unsaturated/α-hetero) is 3. The summed E-state index contributed by atoms with van der Waals surface area (Å²) >= 11 is 54.2. The summed E-state index contributed by atoms with van der Waals surface area (Å²) in [6.45, 7) is 0. The maximum absolute atomic E-state index is 12.6. The van der Waals surface area contributed by atoms with E-state index in [0.29, 0.717) is 11.3 Å². The Bertz CT molecular complexity index is 3110. The first-order chi connectivity index (χ1) is 33.3. The molecule has 6 aromatic rings. The minimum absolute atomic E-state index is 0.0125. The van der Waals surface area contributed by atoms with E-state index in [0.717, 1.165) is 0 Å². The van der Waals surface area contributed by atoms with Gasteiger partial charge in [-0.25, -0.2) is 0 Å². The molecule has 23 heteroatoms. The molecule has 0 aromatic heterocycles. The lowest BCUT2D eigenvalue weighted by Gasteiger charge is -2.21. The molecular weight excluding hydrogens is 1110 g/mol. The number of aromatic hydroxyl groups is 1. The van der Waals surface area contributed by atoms with Gasteiger partial charge in [0.25, 0.3) is 17.7 Å². The number of carbonyl (C=O) groups excluding carboxylic acids is 6. The Morgan fingerprint density at radius 1 is 0.423 bits per heavy atom. The van der Waals surface area contributed by atoms with Crippen molar-refractivity contribution < 1.29 is 49.2 Å². The van der Waals surface area contributed by atoms with E-state index in [9.17, 15) is 49.2 Å². The molecule has 0 saturated heterocycles. The molecule has 3 heterocycles. The van der Waals surface area contributed by atoms with Crippen LogP contribution in [0.15, 0.2) is 97.1 Å². The van der Waals surface area contributed by atoms with E-state index < -0.39 is 71.1 Å². The van der Waals surface area contributed by atoms with Crippen LogP contribution in [-0.4, -0.2) is 55.5 Å². The van der Waals surface area contributed by atoms with E-state index in [2.05, 4.69) is 16.0 Å². The first kappa shape index (κ1) is 53.6. The highest BCUT2D eigenvalue weighted by Gasteiger charge is 2.51. The number of fused-ring (bicyclic) bond motifs is 3. The first-order valence-corrected chi connectivity index (χ1v) is 23.7. The summed E-state index contributed by atoms with van der Waals surface area (Å²) in [5, 5.41) is 50.3. The number of benzene rings is 6. The van der Waals surface area contributed by atoms with Crippen LogP contribution in [0.1, 0.15) is 67.0 Å². The van der Waals surface area contributed by atoms with E-state index in [-0.39, 0.29) is 95.8 Å². The van der Waals surface area contributed by atoms with Crippen molar-refractivity contribution in [3.05, 3.63) is 176 Å². The summed E-state index contributed by atoms with van der Waals surface area (Å²) in [4.78, 5) is 74.2. The zero-order chi connectivity index (χ0) is 52.1. The molecule has 3 aliphatic heterocycles. The van der Waals surface area contributed by atoms with Gasteiger partial charge in [0, 0.05) is 54.1 Å². The number of phenols is 1. The topological polar surface area (TPSA) is 245 Å². The zero-order valence-corrected chi connectivity index (χ0v) is 42.4. The number of anilines is 4. The second-order valence-corrected chi connectivity index (χ2v) is 19.6. The van der Waals surface area contributed by atoms with Gasteiger partial charge in [0.15, 0.2) is 34.2 Å². The highest BCUT2D eigenvalue weighted by molar-refractivity contribution is 6.49. The summed E-state index contributed by atoms with van der Waals surface area (Å²) in [6, 6.07) is 23.4. The fraction of sp³-hybridized carbons (Fsp3) is 0.125. The van der Waals surface area contributed by atoms with Crippen LogP contribution in [0.2, 0.25) is 45.2 Å². The van der Waals surface area contributed by atoms with Crippen molar-refractivity contribution in [3.63, 3.8) is 0 Å². The Hall–Kier alpha value is -5.17. The number of nitrogen functional groups attached to an aromatic ring is 1. The van der Waals surface area contributed by atoms with Gasteiger partial charge in [0.1, 0.15) is 5.75 Å². The second-order valence-electron chi connectivity index (χ2n) is 16.0. The minimum atomic E-state index is -2.18. The third kappa shape index (κ3) is 10.3. The maximum atomic E-state index is 12.6. The Balaban J connectivity index is 0.000000157. The fourth-order valence-corrected chi connectivity index (χ4v) is 9.98. The van der Waals surface area contributed by atoms with Gasteiger partial charge in [-0.1, -0.05) is 104 Å². The van der Waals surface area contributed by atoms with Crippen LogP contribution < -0.4 is 21.7 Å². The van der Waals surface area contributed by atoms with E-state index in [4.69, 9.17) is 110 Å². The molecule has 3 amide bonds. The van der Waals surface area contributed by atoms with Crippen molar-refractivity contribution in [3.8, 4) is 5.75 Å². The van der Waals surface area contributed by atoms with Gasteiger partial charge in [0.05, 0.1) is 66.5 Å². The molecule has 0 bridgehead atoms. The van der Waals surface area contributed by atoms with E-state index in [1.165, 1.54) is 84.9 Å². The lowest BCUT2D eigenvalue weighted by molar-refractivity contribution is -0.133. The number of carbonyl (C=O) groups is 6. The molecule has 0 saturated carbocycles. The number of ketones is 3. The highest BCUT2D eigenvalue weighted by Crippen LogP contribution is 2.49. The number of phenolic OH excluding ortho intramolecular Hbond substituents is 1. The minimum Gasteiger partial charge on any atom is -0.508 e. The van der Waals surface area contributed by atoms with Gasteiger partial charge >= 0.3 is 0 Å². The molecule has 71 heavy (non-hydrogen) atoms. The van der Waals surface area contributed by atoms with Gasteiger partial charge in [-0.3, -0.25) is 28.8 Å². The summed E-state index contributed by atoms with van der Waals surface area (Å²) in [5.74, 6) is -3.76. The van der Waals surface area contributed by atoms with Crippen LogP contribution in [0.3, 0.4) is 0 Å². The predicted octanol–water partition coefficient (Wildman–Crippen LogP) is 11.5. The number of rotatable bonds is 9. The van der Waals surface area contributed by atoms with Crippen molar-refractivity contribution in [1.82, 2.24) is 0 Å². The average Bonchev–Trinajstić information content (AvgIpc) is 3.86. The van der Waals surface area contributed by atoms with Crippen molar-refractivity contribution in [2.24, 2.45) is 0 Å². The van der Waals surface area contributed by atoms with Crippen LogP contribution >= 0.6 is 104 Å². The highest BCUT2D eigenvalue weighted by atomic mass is 35.5. The number of nitrogens with one attached hydrogen (secondary N) is 3. The third-order valence-electron chi connectivity index (χ3n) is 11.4. The van der Waals surface area contributed by atoms with Crippen LogP contribution in [0.4, 0.5) is 22.7 Å². The largest absolute Gasteiger partial charge is 0.508 e. The molecule has 0 aliphatic carbocycles. The van der Waals surface area contributed by atoms with Crippen molar-refractivity contribution in [2.75, 3.05) is 21.7 Å². The molecule has 6 aromatic carbocycles. The lowest BCUT2D eigenvalue weighted by atomic mass is 9.88. The Kier molecular flexibility index (Phi) is 15.7. The number of aliphatic hydroxyl groups is 3. The number of halogens is 9. The van der Waals surface area contributed by atoms with Gasteiger partial charge in [-0.15, -0.1) is 0 Å².